The Labute approximate surface area is 201 Å². The monoisotopic (exact) mass is 514 g/mol. The molecule has 1 saturated heterocycles. The molecular weight excluding hydrogens is 488 g/mol. The van der Waals surface area contributed by atoms with E-state index in [2.05, 4.69) is 21.2 Å². The van der Waals surface area contributed by atoms with Crippen molar-refractivity contribution in [2.75, 3.05) is 25.4 Å². The van der Waals surface area contributed by atoms with Crippen LogP contribution in [0.1, 0.15) is 53.7 Å². The van der Waals surface area contributed by atoms with Gasteiger partial charge in [0.25, 0.3) is 5.91 Å². The van der Waals surface area contributed by atoms with Crippen LogP contribution in [0.2, 0.25) is 0 Å². The van der Waals surface area contributed by atoms with Gasteiger partial charge in [0.15, 0.2) is 0 Å². The number of likely N-dealkylation sites (tertiary alicyclic amines) is 1. The molecule has 2 aromatic carbocycles. The van der Waals surface area contributed by atoms with Crippen molar-refractivity contribution in [1.29, 1.82) is 5.41 Å². The smallest absolute Gasteiger partial charge is 0.409 e. The Morgan fingerprint density at radius 2 is 2.09 bits per heavy atom. The molecule has 2 aromatic rings. The lowest BCUT2D eigenvalue weighted by Crippen LogP contribution is -2.53. The molecule has 2 heterocycles. The van der Waals surface area contributed by atoms with Crippen molar-refractivity contribution in [3.05, 3.63) is 57.6 Å². The zero-order chi connectivity index (χ0) is 23.6. The highest BCUT2D eigenvalue weighted by Gasteiger charge is 2.44. The number of nitrogens with zero attached hydrogens (tertiary/aromatic N) is 1. The van der Waals surface area contributed by atoms with Gasteiger partial charge < -0.3 is 30.8 Å². The standard InChI is InChI=1S/C24H27BrN4O4/c1-2-32-23(31)29-10-8-24(9-11-29)13-19(18-12-16(25)6-7-20(18)33-24)28-22(30)17-5-3-4-15(14-26)21(17)27/h3-7,12,14,19,26H,2,8-11,13,27H2,1H3,(H,28,30)/t19-/m1/s1. The summed E-state index contributed by atoms with van der Waals surface area (Å²) in [7, 11) is 0. The Bertz CT molecular complexity index is 1080. The van der Waals surface area contributed by atoms with Crippen LogP contribution in [0.15, 0.2) is 40.9 Å². The van der Waals surface area contributed by atoms with E-state index in [0.29, 0.717) is 50.1 Å². The molecular formula is C24H27BrN4O4. The number of ether oxygens (including phenoxy) is 2. The number of hydrogen-bond donors (Lipinski definition) is 3. The van der Waals surface area contributed by atoms with Gasteiger partial charge in [-0.1, -0.05) is 28.1 Å². The molecule has 0 aromatic heterocycles. The van der Waals surface area contributed by atoms with E-state index in [0.717, 1.165) is 22.0 Å². The van der Waals surface area contributed by atoms with Crippen molar-refractivity contribution in [2.24, 2.45) is 0 Å². The van der Waals surface area contributed by atoms with Gasteiger partial charge in [-0.05, 0) is 31.2 Å². The first-order valence-electron chi connectivity index (χ1n) is 11.0. The number of nitrogens with one attached hydrogen (secondary N) is 2. The Hall–Kier alpha value is -3.07. The molecule has 2 aliphatic heterocycles. The van der Waals surface area contributed by atoms with Gasteiger partial charge in [0.05, 0.1) is 23.9 Å². The quantitative estimate of drug-likeness (QED) is 0.415. The van der Waals surface area contributed by atoms with Crippen molar-refractivity contribution >= 4 is 39.8 Å². The molecule has 1 atom stereocenters. The van der Waals surface area contributed by atoms with Gasteiger partial charge in [-0.15, -0.1) is 0 Å². The topological polar surface area (TPSA) is 118 Å². The first-order chi connectivity index (χ1) is 15.9. The molecule has 0 unspecified atom stereocenters. The van der Waals surface area contributed by atoms with Crippen molar-refractivity contribution in [1.82, 2.24) is 10.2 Å². The minimum Gasteiger partial charge on any atom is -0.487 e. The van der Waals surface area contributed by atoms with E-state index in [1.165, 1.54) is 0 Å². The molecule has 2 aliphatic rings. The zero-order valence-corrected chi connectivity index (χ0v) is 20.0. The van der Waals surface area contributed by atoms with E-state index in [9.17, 15) is 9.59 Å². The van der Waals surface area contributed by atoms with Gasteiger partial charge in [0.1, 0.15) is 11.4 Å². The number of para-hydroxylation sites is 1. The van der Waals surface area contributed by atoms with E-state index in [4.69, 9.17) is 20.6 Å². The van der Waals surface area contributed by atoms with Crippen molar-refractivity contribution in [3.8, 4) is 5.75 Å². The van der Waals surface area contributed by atoms with Crippen LogP contribution >= 0.6 is 15.9 Å². The molecule has 0 saturated carbocycles. The maximum atomic E-state index is 13.2. The predicted octanol–water partition coefficient (Wildman–Crippen LogP) is 4.27. The van der Waals surface area contributed by atoms with Crippen LogP contribution in [0.25, 0.3) is 0 Å². The number of anilines is 1. The normalized spacial score (nSPS) is 18.7. The molecule has 0 bridgehead atoms. The van der Waals surface area contributed by atoms with Crippen molar-refractivity contribution in [2.45, 2.75) is 37.8 Å². The molecule has 1 fully saturated rings. The summed E-state index contributed by atoms with van der Waals surface area (Å²) in [5, 5.41) is 10.6. The van der Waals surface area contributed by atoms with Crippen molar-refractivity contribution in [3.63, 3.8) is 0 Å². The van der Waals surface area contributed by atoms with Crippen LogP contribution in [0, 0.1) is 5.41 Å². The lowest BCUT2D eigenvalue weighted by Gasteiger charge is -2.46. The summed E-state index contributed by atoms with van der Waals surface area (Å²) in [6.45, 7) is 3.19. The van der Waals surface area contributed by atoms with Crippen LogP contribution in [-0.2, 0) is 4.74 Å². The molecule has 0 aliphatic carbocycles. The summed E-state index contributed by atoms with van der Waals surface area (Å²) in [4.78, 5) is 27.0. The lowest BCUT2D eigenvalue weighted by molar-refractivity contribution is -0.0233. The fourth-order valence-electron chi connectivity index (χ4n) is 4.53. The molecule has 174 valence electrons. The second-order valence-corrected chi connectivity index (χ2v) is 9.25. The van der Waals surface area contributed by atoms with Crippen LogP contribution < -0.4 is 15.8 Å². The number of piperidine rings is 1. The van der Waals surface area contributed by atoms with Gasteiger partial charge >= 0.3 is 6.09 Å². The van der Waals surface area contributed by atoms with E-state index >= 15 is 0 Å². The number of carbonyl (C=O) groups excluding carboxylic acids is 2. The summed E-state index contributed by atoms with van der Waals surface area (Å²) >= 11 is 3.51. The molecule has 2 amide bonds. The largest absolute Gasteiger partial charge is 0.487 e. The molecule has 33 heavy (non-hydrogen) atoms. The third-order valence-corrected chi connectivity index (χ3v) is 6.79. The number of nitrogens with two attached hydrogens (primary N) is 1. The second kappa shape index (κ2) is 9.43. The number of carbonyl (C=O) groups is 2. The second-order valence-electron chi connectivity index (χ2n) is 8.34. The average molecular weight is 515 g/mol. The number of halogens is 1. The van der Waals surface area contributed by atoms with E-state index in [1.54, 1.807) is 30.0 Å². The first kappa shape index (κ1) is 23.1. The molecule has 8 nitrogen and oxygen atoms in total. The number of rotatable bonds is 4. The van der Waals surface area contributed by atoms with Crippen LogP contribution in [0.3, 0.4) is 0 Å². The molecule has 0 radical (unpaired) electrons. The zero-order valence-electron chi connectivity index (χ0n) is 18.4. The Balaban J connectivity index is 1.59. The minimum absolute atomic E-state index is 0.281. The van der Waals surface area contributed by atoms with Gasteiger partial charge in [-0.25, -0.2) is 4.79 Å². The lowest BCUT2D eigenvalue weighted by atomic mass is 9.80. The van der Waals surface area contributed by atoms with Gasteiger partial charge in [0.2, 0.25) is 0 Å². The highest BCUT2D eigenvalue weighted by molar-refractivity contribution is 9.10. The maximum absolute atomic E-state index is 13.2. The predicted molar refractivity (Wildman–Crippen MR) is 129 cm³/mol. The summed E-state index contributed by atoms with van der Waals surface area (Å²) in [5.74, 6) is 0.425. The Morgan fingerprint density at radius 1 is 1.33 bits per heavy atom. The van der Waals surface area contributed by atoms with Gasteiger partial charge in [0, 0.05) is 54.2 Å². The fraction of sp³-hybridized carbons (Fsp3) is 0.375. The van der Waals surface area contributed by atoms with E-state index < -0.39 is 5.60 Å². The van der Waals surface area contributed by atoms with E-state index in [1.807, 2.05) is 18.2 Å². The number of benzene rings is 2. The summed E-state index contributed by atoms with van der Waals surface area (Å²) in [6, 6.07) is 10.6. The summed E-state index contributed by atoms with van der Waals surface area (Å²) < 4.78 is 12.5. The molecule has 4 rings (SSSR count). The summed E-state index contributed by atoms with van der Waals surface area (Å²) in [5.41, 5.74) is 7.64. The number of fused-ring (bicyclic) bond motifs is 1. The number of hydrogen-bond acceptors (Lipinski definition) is 6. The van der Waals surface area contributed by atoms with Gasteiger partial charge in [-0.3, -0.25) is 4.79 Å². The fourth-order valence-corrected chi connectivity index (χ4v) is 4.91. The summed E-state index contributed by atoms with van der Waals surface area (Å²) in [6.07, 6.45) is 2.68. The molecule has 4 N–H and O–H groups in total. The molecule has 9 heteroatoms. The van der Waals surface area contributed by atoms with Gasteiger partial charge in [-0.2, -0.15) is 0 Å². The Morgan fingerprint density at radius 3 is 2.79 bits per heavy atom. The average Bonchev–Trinajstić information content (AvgIpc) is 2.80. The van der Waals surface area contributed by atoms with Crippen LogP contribution in [0.5, 0.6) is 5.75 Å². The van der Waals surface area contributed by atoms with E-state index in [-0.39, 0.29) is 23.7 Å². The van der Waals surface area contributed by atoms with Crippen molar-refractivity contribution < 1.29 is 19.1 Å². The van der Waals surface area contributed by atoms with Crippen LogP contribution in [-0.4, -0.2) is 48.4 Å². The van der Waals surface area contributed by atoms with Crippen LogP contribution in [0.4, 0.5) is 10.5 Å². The Kier molecular flexibility index (Phi) is 6.60. The number of amides is 2. The SMILES string of the molecule is CCOC(=O)N1CCC2(CC1)C[C@@H](NC(=O)c1cccc(C=N)c1N)c1cc(Br)ccc1O2. The molecule has 1 spiro atoms. The third-order valence-electron chi connectivity index (χ3n) is 6.30. The first-order valence-corrected chi connectivity index (χ1v) is 11.7. The third kappa shape index (κ3) is 4.68. The maximum Gasteiger partial charge on any atom is 0.409 e. The minimum atomic E-state index is -0.496. The highest BCUT2D eigenvalue weighted by Crippen LogP contribution is 2.45. The number of nitrogen functional groups attached to an aromatic ring is 1. The highest BCUT2D eigenvalue weighted by atomic mass is 79.9.